The molecule has 0 aliphatic heterocycles. The first-order valence-electron chi connectivity index (χ1n) is 8.24. The van der Waals surface area contributed by atoms with Gasteiger partial charge >= 0.3 is 0 Å². The van der Waals surface area contributed by atoms with E-state index in [1.54, 1.807) is 0 Å². The van der Waals surface area contributed by atoms with Crippen molar-refractivity contribution in [3.8, 4) is 0 Å². The zero-order valence-corrected chi connectivity index (χ0v) is 15.7. The van der Waals surface area contributed by atoms with Crippen LogP contribution in [0.15, 0.2) is 24.3 Å². The second kappa shape index (κ2) is 10.0. The van der Waals surface area contributed by atoms with Gasteiger partial charge in [-0.15, -0.1) is 0 Å². The van der Waals surface area contributed by atoms with Crippen LogP contribution in [0.2, 0.25) is 0 Å². The first-order valence-corrected chi connectivity index (χ1v) is 8.24. The zero-order valence-electron chi connectivity index (χ0n) is 15.7. The molecule has 1 aromatic rings. The Hall–Kier alpha value is -0.780. The van der Waals surface area contributed by atoms with E-state index in [1.807, 2.05) is 27.7 Å². The lowest BCUT2D eigenvalue weighted by Crippen LogP contribution is -2.10. The van der Waals surface area contributed by atoms with E-state index < -0.39 is 0 Å². The molecule has 0 radical (unpaired) electrons. The molecule has 0 heterocycles. The summed E-state index contributed by atoms with van der Waals surface area (Å²) in [6, 6.07) is 9.14. The molecule has 0 aliphatic carbocycles. The summed E-state index contributed by atoms with van der Waals surface area (Å²) in [5, 5.41) is 0. The van der Waals surface area contributed by atoms with Crippen LogP contribution >= 0.6 is 0 Å². The Balaban J connectivity index is 0. The van der Waals surface area contributed by atoms with Gasteiger partial charge in [0.15, 0.2) is 0 Å². The molecule has 0 saturated heterocycles. The Morgan fingerprint density at radius 1 is 0.550 bits per heavy atom. The highest BCUT2D eigenvalue weighted by Crippen LogP contribution is 2.23. The summed E-state index contributed by atoms with van der Waals surface area (Å²) in [4.78, 5) is 0. The van der Waals surface area contributed by atoms with Crippen molar-refractivity contribution in [3.05, 3.63) is 35.4 Å². The molecule has 0 aromatic heterocycles. The van der Waals surface area contributed by atoms with Gasteiger partial charge in [-0.2, -0.15) is 0 Å². The molecule has 0 fully saturated rings. The predicted octanol–water partition coefficient (Wildman–Crippen LogP) is 6.92. The molecule has 0 atom stereocenters. The van der Waals surface area contributed by atoms with Gasteiger partial charge < -0.3 is 0 Å². The maximum absolute atomic E-state index is 2.29. The fraction of sp³-hybridized carbons (Fsp3) is 0.700. The largest absolute Gasteiger partial charge is 0.0683 e. The highest BCUT2D eigenvalue weighted by Gasteiger charge is 2.13. The van der Waals surface area contributed by atoms with Crippen molar-refractivity contribution in [1.82, 2.24) is 0 Å². The summed E-state index contributed by atoms with van der Waals surface area (Å²) in [5.41, 5.74) is 3.66. The maximum Gasteiger partial charge on any atom is -0.0230 e. The van der Waals surface area contributed by atoms with Gasteiger partial charge in [0, 0.05) is 0 Å². The fourth-order valence-electron chi connectivity index (χ4n) is 2.00. The third-order valence-electron chi connectivity index (χ3n) is 2.49. The molecule has 1 aromatic carbocycles. The Morgan fingerprint density at radius 3 is 0.900 bits per heavy atom. The molecule has 118 valence electrons. The molecular formula is C20H38. The van der Waals surface area contributed by atoms with E-state index in [0.717, 1.165) is 12.8 Å². The van der Waals surface area contributed by atoms with E-state index in [1.165, 1.54) is 11.1 Å². The van der Waals surface area contributed by atoms with Crippen LogP contribution in [0.25, 0.3) is 0 Å². The van der Waals surface area contributed by atoms with Crippen LogP contribution in [0, 0.1) is 10.8 Å². The van der Waals surface area contributed by atoms with Crippen LogP contribution < -0.4 is 0 Å². The monoisotopic (exact) mass is 278 g/mol. The normalized spacial score (nSPS) is 10.9. The Kier molecular flexibility index (Phi) is 10.8. The van der Waals surface area contributed by atoms with Gasteiger partial charge in [-0.05, 0) is 34.8 Å². The molecule has 0 spiro atoms. The standard InChI is InChI=1S/C16H26.2C2H6/c1-15(2,3)11-13-7-9-14(10-8-13)12-16(4,5)6;2*1-2/h7-10H,11-12H2,1-6H3;2*1-2H3. The Labute approximate surface area is 129 Å². The van der Waals surface area contributed by atoms with E-state index in [2.05, 4.69) is 65.8 Å². The molecule has 20 heavy (non-hydrogen) atoms. The summed E-state index contributed by atoms with van der Waals surface area (Å²) in [6.07, 6.45) is 2.31. The molecule has 0 bridgehead atoms. The first-order chi connectivity index (χ1) is 9.16. The summed E-state index contributed by atoms with van der Waals surface area (Å²) in [6.45, 7) is 21.7. The van der Waals surface area contributed by atoms with Crippen LogP contribution in [0.3, 0.4) is 0 Å². The molecule has 0 nitrogen and oxygen atoms in total. The minimum absolute atomic E-state index is 0.380. The van der Waals surface area contributed by atoms with Crippen molar-refractivity contribution in [3.63, 3.8) is 0 Å². The molecule has 0 unspecified atom stereocenters. The zero-order chi connectivity index (χ0) is 16.4. The minimum Gasteiger partial charge on any atom is -0.0683 e. The van der Waals surface area contributed by atoms with Gasteiger partial charge in [0.05, 0.1) is 0 Å². The van der Waals surface area contributed by atoms with Gasteiger partial charge in [-0.25, -0.2) is 0 Å². The van der Waals surface area contributed by atoms with Crippen LogP contribution in [0.1, 0.15) is 80.4 Å². The number of hydrogen-bond donors (Lipinski definition) is 0. The Bertz CT molecular complexity index is 282. The average Bonchev–Trinajstić information content (AvgIpc) is 2.33. The summed E-state index contributed by atoms with van der Waals surface area (Å²) in [7, 11) is 0. The average molecular weight is 279 g/mol. The SMILES string of the molecule is CC.CC.CC(C)(C)Cc1ccc(CC(C)(C)C)cc1. The van der Waals surface area contributed by atoms with Crippen LogP contribution in [-0.2, 0) is 12.8 Å². The number of hydrogen-bond acceptors (Lipinski definition) is 0. The van der Waals surface area contributed by atoms with Gasteiger partial charge in [-0.3, -0.25) is 0 Å². The summed E-state index contributed by atoms with van der Waals surface area (Å²) in [5.74, 6) is 0. The highest BCUT2D eigenvalue weighted by atomic mass is 14.2. The smallest absolute Gasteiger partial charge is 0.0230 e. The van der Waals surface area contributed by atoms with Crippen LogP contribution in [0.4, 0.5) is 0 Å². The lowest BCUT2D eigenvalue weighted by Gasteiger charge is -2.20. The van der Waals surface area contributed by atoms with Crippen molar-refractivity contribution in [1.29, 1.82) is 0 Å². The predicted molar refractivity (Wildman–Crippen MR) is 95.5 cm³/mol. The number of benzene rings is 1. The van der Waals surface area contributed by atoms with E-state index in [9.17, 15) is 0 Å². The molecule has 0 heteroatoms. The van der Waals surface area contributed by atoms with Crippen LogP contribution in [0.5, 0.6) is 0 Å². The topological polar surface area (TPSA) is 0 Å². The van der Waals surface area contributed by atoms with Gasteiger partial charge in [0.1, 0.15) is 0 Å². The molecule has 1 rings (SSSR count). The second-order valence-corrected chi connectivity index (χ2v) is 7.29. The summed E-state index contributed by atoms with van der Waals surface area (Å²) < 4.78 is 0. The quantitative estimate of drug-likeness (QED) is 0.551. The Morgan fingerprint density at radius 2 is 0.750 bits per heavy atom. The van der Waals surface area contributed by atoms with Crippen LogP contribution in [-0.4, -0.2) is 0 Å². The van der Waals surface area contributed by atoms with E-state index in [4.69, 9.17) is 0 Å². The van der Waals surface area contributed by atoms with Crippen molar-refractivity contribution in [2.24, 2.45) is 10.8 Å². The molecule has 0 N–H and O–H groups in total. The van der Waals surface area contributed by atoms with E-state index >= 15 is 0 Å². The first kappa shape index (κ1) is 21.5. The van der Waals surface area contributed by atoms with E-state index in [-0.39, 0.29) is 0 Å². The van der Waals surface area contributed by atoms with Gasteiger partial charge in [0.25, 0.3) is 0 Å². The molecule has 0 amide bonds. The summed E-state index contributed by atoms with van der Waals surface area (Å²) >= 11 is 0. The van der Waals surface area contributed by atoms with Gasteiger partial charge in [0.2, 0.25) is 0 Å². The third kappa shape index (κ3) is 12.3. The number of rotatable bonds is 2. The lowest BCUT2D eigenvalue weighted by atomic mass is 9.85. The van der Waals surface area contributed by atoms with Crippen molar-refractivity contribution in [2.75, 3.05) is 0 Å². The third-order valence-corrected chi connectivity index (χ3v) is 2.49. The highest BCUT2D eigenvalue weighted by molar-refractivity contribution is 5.24. The second-order valence-electron chi connectivity index (χ2n) is 7.29. The lowest BCUT2D eigenvalue weighted by molar-refractivity contribution is 0.407. The van der Waals surface area contributed by atoms with Gasteiger partial charge in [-0.1, -0.05) is 93.5 Å². The molecule has 0 saturated carbocycles. The maximum atomic E-state index is 2.29. The van der Waals surface area contributed by atoms with Crippen molar-refractivity contribution < 1.29 is 0 Å². The fourth-order valence-corrected chi connectivity index (χ4v) is 2.00. The van der Waals surface area contributed by atoms with E-state index in [0.29, 0.717) is 10.8 Å². The molecule has 0 aliphatic rings. The minimum atomic E-state index is 0.380. The molecular weight excluding hydrogens is 240 g/mol. The van der Waals surface area contributed by atoms with Crippen molar-refractivity contribution >= 4 is 0 Å². The van der Waals surface area contributed by atoms with Crippen molar-refractivity contribution in [2.45, 2.75) is 82.1 Å².